The second kappa shape index (κ2) is 5.19. The summed E-state index contributed by atoms with van der Waals surface area (Å²) in [5.74, 6) is 0. The standard InChI is InChI=1S/C10H12ClN3O2S/c11-8-7(5-12)9(17-14-8)13-6-10(15)1-3-16-4-2-10/h13,15H,1-4,6H2. The molecule has 0 amide bonds. The van der Waals surface area contributed by atoms with Crippen molar-refractivity contribution in [3.63, 3.8) is 0 Å². The Bertz CT molecular complexity index is 437. The first kappa shape index (κ1) is 12.6. The molecule has 1 aromatic rings. The molecule has 92 valence electrons. The first-order chi connectivity index (χ1) is 8.14. The van der Waals surface area contributed by atoms with E-state index in [0.717, 1.165) is 11.5 Å². The zero-order valence-corrected chi connectivity index (χ0v) is 10.6. The Labute approximate surface area is 108 Å². The maximum Gasteiger partial charge on any atom is 0.162 e. The molecule has 7 heteroatoms. The third-order valence-corrected chi connectivity index (χ3v) is 3.94. The van der Waals surface area contributed by atoms with Crippen LogP contribution in [0, 0.1) is 11.3 Å². The number of aliphatic hydroxyl groups is 1. The average molecular weight is 274 g/mol. The van der Waals surface area contributed by atoms with Gasteiger partial charge in [-0.1, -0.05) is 11.6 Å². The van der Waals surface area contributed by atoms with Crippen LogP contribution in [-0.4, -0.2) is 34.8 Å². The predicted octanol–water partition coefficient (Wildman–Crippen LogP) is 1.62. The Kier molecular flexibility index (Phi) is 3.84. The van der Waals surface area contributed by atoms with E-state index in [1.54, 1.807) is 0 Å². The van der Waals surface area contributed by atoms with Crippen molar-refractivity contribution in [2.24, 2.45) is 0 Å². The number of ether oxygens (including phenoxy) is 1. The van der Waals surface area contributed by atoms with Crippen LogP contribution in [0.15, 0.2) is 0 Å². The van der Waals surface area contributed by atoms with E-state index in [9.17, 15) is 5.11 Å². The Hall–Kier alpha value is -0.870. The van der Waals surface area contributed by atoms with Gasteiger partial charge >= 0.3 is 0 Å². The fraction of sp³-hybridized carbons (Fsp3) is 0.600. The molecule has 2 N–H and O–H groups in total. The van der Waals surface area contributed by atoms with Crippen molar-refractivity contribution < 1.29 is 9.84 Å². The lowest BCUT2D eigenvalue weighted by Gasteiger charge is -2.32. The van der Waals surface area contributed by atoms with Crippen molar-refractivity contribution in [1.29, 1.82) is 5.26 Å². The summed E-state index contributed by atoms with van der Waals surface area (Å²) in [6, 6.07) is 1.99. The van der Waals surface area contributed by atoms with E-state index in [2.05, 4.69) is 9.69 Å². The molecule has 0 aliphatic carbocycles. The normalized spacial score (nSPS) is 18.6. The Morgan fingerprint density at radius 2 is 2.29 bits per heavy atom. The van der Waals surface area contributed by atoms with Crippen LogP contribution < -0.4 is 5.32 Å². The van der Waals surface area contributed by atoms with E-state index in [1.165, 1.54) is 0 Å². The van der Waals surface area contributed by atoms with Crippen LogP contribution in [0.1, 0.15) is 18.4 Å². The van der Waals surface area contributed by atoms with Crippen LogP contribution in [0.4, 0.5) is 5.00 Å². The van der Waals surface area contributed by atoms with E-state index in [0.29, 0.717) is 43.2 Å². The number of nitrogens with one attached hydrogen (secondary N) is 1. The molecular weight excluding hydrogens is 262 g/mol. The SMILES string of the molecule is N#Cc1c(Cl)nsc1NCC1(O)CCOCC1. The number of hydrogen-bond acceptors (Lipinski definition) is 6. The maximum absolute atomic E-state index is 10.2. The summed E-state index contributed by atoms with van der Waals surface area (Å²) in [5.41, 5.74) is -0.436. The van der Waals surface area contributed by atoms with Crippen LogP contribution in [0.5, 0.6) is 0 Å². The minimum absolute atomic E-state index is 0.207. The molecule has 0 bridgehead atoms. The van der Waals surface area contributed by atoms with Gasteiger partial charge in [-0.15, -0.1) is 0 Å². The summed E-state index contributed by atoms with van der Waals surface area (Å²) < 4.78 is 9.08. The van der Waals surface area contributed by atoms with Crippen molar-refractivity contribution >= 4 is 28.1 Å². The molecule has 1 saturated heterocycles. The Morgan fingerprint density at radius 1 is 1.59 bits per heavy atom. The van der Waals surface area contributed by atoms with Gasteiger partial charge in [0.1, 0.15) is 16.6 Å². The van der Waals surface area contributed by atoms with E-state index in [1.807, 2.05) is 6.07 Å². The van der Waals surface area contributed by atoms with E-state index in [-0.39, 0.29) is 5.15 Å². The topological polar surface area (TPSA) is 78.2 Å². The number of rotatable bonds is 3. The lowest BCUT2D eigenvalue weighted by atomic mass is 9.94. The third-order valence-electron chi connectivity index (χ3n) is 2.76. The molecular formula is C10H12ClN3O2S. The highest BCUT2D eigenvalue weighted by Gasteiger charge is 2.30. The summed E-state index contributed by atoms with van der Waals surface area (Å²) in [6.07, 6.45) is 1.18. The molecule has 0 saturated carbocycles. The number of halogens is 1. The summed E-state index contributed by atoms with van der Waals surface area (Å²) in [6.45, 7) is 1.50. The van der Waals surface area contributed by atoms with E-state index >= 15 is 0 Å². The van der Waals surface area contributed by atoms with Crippen LogP contribution in [0.3, 0.4) is 0 Å². The van der Waals surface area contributed by atoms with Gasteiger partial charge in [0.15, 0.2) is 5.15 Å². The zero-order chi connectivity index (χ0) is 12.3. The summed E-state index contributed by atoms with van der Waals surface area (Å²) >= 11 is 6.89. The number of nitriles is 1. The molecule has 1 fully saturated rings. The second-order valence-corrected chi connectivity index (χ2v) is 5.11. The molecule has 2 heterocycles. The Morgan fingerprint density at radius 3 is 2.94 bits per heavy atom. The molecule has 0 atom stereocenters. The molecule has 1 aromatic heterocycles. The highest BCUT2D eigenvalue weighted by molar-refractivity contribution is 7.10. The molecule has 5 nitrogen and oxygen atoms in total. The minimum Gasteiger partial charge on any atom is -0.388 e. The van der Waals surface area contributed by atoms with Crippen molar-refractivity contribution in [3.8, 4) is 6.07 Å². The van der Waals surface area contributed by atoms with Gasteiger partial charge in [-0.3, -0.25) is 0 Å². The quantitative estimate of drug-likeness (QED) is 0.875. The van der Waals surface area contributed by atoms with Gasteiger partial charge in [0.05, 0.1) is 5.60 Å². The van der Waals surface area contributed by atoms with Gasteiger partial charge < -0.3 is 15.2 Å². The number of anilines is 1. The largest absolute Gasteiger partial charge is 0.388 e. The fourth-order valence-electron chi connectivity index (χ4n) is 1.66. The zero-order valence-electron chi connectivity index (χ0n) is 9.07. The Balaban J connectivity index is 2.00. The van der Waals surface area contributed by atoms with Crippen molar-refractivity contribution in [1.82, 2.24) is 4.37 Å². The summed E-state index contributed by atoms with van der Waals surface area (Å²) in [5, 5.41) is 23.0. The second-order valence-electron chi connectivity index (χ2n) is 3.98. The lowest BCUT2D eigenvalue weighted by molar-refractivity contribution is -0.0543. The summed E-state index contributed by atoms with van der Waals surface area (Å²) in [4.78, 5) is 0. The molecule has 17 heavy (non-hydrogen) atoms. The van der Waals surface area contributed by atoms with Gasteiger partial charge in [-0.25, -0.2) is 0 Å². The smallest absolute Gasteiger partial charge is 0.162 e. The average Bonchev–Trinajstić information content (AvgIpc) is 2.68. The van der Waals surface area contributed by atoms with Gasteiger partial charge in [0.2, 0.25) is 0 Å². The number of nitrogens with zero attached hydrogens (tertiary/aromatic N) is 2. The lowest BCUT2D eigenvalue weighted by Crippen LogP contribution is -2.42. The highest BCUT2D eigenvalue weighted by atomic mass is 35.5. The molecule has 1 aliphatic rings. The molecule has 0 unspecified atom stereocenters. The first-order valence-electron chi connectivity index (χ1n) is 5.24. The number of aromatic nitrogens is 1. The molecule has 1 aliphatic heterocycles. The van der Waals surface area contributed by atoms with Gasteiger partial charge in [0.25, 0.3) is 0 Å². The monoisotopic (exact) mass is 273 g/mol. The van der Waals surface area contributed by atoms with E-state index in [4.69, 9.17) is 21.6 Å². The van der Waals surface area contributed by atoms with Crippen LogP contribution >= 0.6 is 23.1 Å². The molecule has 0 spiro atoms. The maximum atomic E-state index is 10.2. The van der Waals surface area contributed by atoms with Crippen LogP contribution in [-0.2, 0) is 4.74 Å². The third kappa shape index (κ3) is 2.87. The van der Waals surface area contributed by atoms with Gasteiger partial charge in [0, 0.05) is 32.6 Å². The van der Waals surface area contributed by atoms with Crippen molar-refractivity contribution in [2.75, 3.05) is 25.1 Å². The van der Waals surface area contributed by atoms with Gasteiger partial charge in [-0.05, 0) is 11.5 Å². The fourth-order valence-corrected chi connectivity index (χ4v) is 2.59. The van der Waals surface area contributed by atoms with Crippen molar-refractivity contribution in [2.45, 2.75) is 18.4 Å². The van der Waals surface area contributed by atoms with Gasteiger partial charge in [-0.2, -0.15) is 9.64 Å². The van der Waals surface area contributed by atoms with E-state index < -0.39 is 5.60 Å². The van der Waals surface area contributed by atoms with Crippen LogP contribution in [0.25, 0.3) is 0 Å². The first-order valence-corrected chi connectivity index (χ1v) is 6.39. The van der Waals surface area contributed by atoms with Crippen LogP contribution in [0.2, 0.25) is 5.15 Å². The number of hydrogen-bond donors (Lipinski definition) is 2. The summed E-state index contributed by atoms with van der Waals surface area (Å²) in [7, 11) is 0. The minimum atomic E-state index is -0.776. The predicted molar refractivity (Wildman–Crippen MR) is 65.3 cm³/mol. The molecule has 0 radical (unpaired) electrons. The molecule has 2 rings (SSSR count). The molecule has 0 aromatic carbocycles. The van der Waals surface area contributed by atoms with Crippen molar-refractivity contribution in [3.05, 3.63) is 10.7 Å². The highest BCUT2D eigenvalue weighted by Crippen LogP contribution is 2.29.